The molecule has 122 valence electrons. The van der Waals surface area contributed by atoms with E-state index < -0.39 is 0 Å². The number of hydrogen-bond acceptors (Lipinski definition) is 3. The number of likely N-dealkylation sites (N-methyl/N-ethyl adjacent to an activating group) is 3. The van der Waals surface area contributed by atoms with Gasteiger partial charge in [-0.1, -0.05) is 0 Å². The Morgan fingerprint density at radius 2 is 1.10 bits per heavy atom. The summed E-state index contributed by atoms with van der Waals surface area (Å²) in [5, 5.41) is 19.0. The smallest absolute Gasteiger partial charge is 0.104 e. The maximum Gasteiger partial charge on any atom is 0.104 e. The van der Waals surface area contributed by atoms with Gasteiger partial charge in [-0.15, -0.1) is 0 Å². The molecule has 0 heterocycles. The summed E-state index contributed by atoms with van der Waals surface area (Å²) in [7, 11) is 10.8. The predicted octanol–water partition coefficient (Wildman–Crippen LogP) is -0.167. The quantitative estimate of drug-likeness (QED) is 0.550. The van der Waals surface area contributed by atoms with Gasteiger partial charge in [0.1, 0.15) is 25.3 Å². The van der Waals surface area contributed by atoms with Crippen molar-refractivity contribution in [2.75, 3.05) is 74.5 Å². The van der Waals surface area contributed by atoms with Crippen LogP contribution in [0.25, 0.3) is 0 Å². The molecule has 0 aromatic rings. The van der Waals surface area contributed by atoms with E-state index in [1.807, 2.05) is 13.8 Å². The normalized spacial score (nSPS) is 16.5. The van der Waals surface area contributed by atoms with Crippen molar-refractivity contribution >= 4 is 0 Å². The molecule has 0 saturated carbocycles. The molecule has 0 saturated heterocycles. The van der Waals surface area contributed by atoms with Gasteiger partial charge < -0.3 is 19.2 Å². The van der Waals surface area contributed by atoms with Gasteiger partial charge >= 0.3 is 0 Å². The van der Waals surface area contributed by atoms with Gasteiger partial charge in [-0.2, -0.15) is 0 Å². The van der Waals surface area contributed by atoms with Crippen molar-refractivity contribution in [1.29, 1.82) is 0 Å². The number of aliphatic hydroxyl groups is 2. The summed E-state index contributed by atoms with van der Waals surface area (Å²) < 4.78 is 1.68. The number of aliphatic hydroxyl groups excluding tert-OH is 2. The van der Waals surface area contributed by atoms with Crippen LogP contribution in [-0.2, 0) is 0 Å². The van der Waals surface area contributed by atoms with Crippen molar-refractivity contribution in [2.24, 2.45) is 0 Å². The lowest BCUT2D eigenvalue weighted by molar-refractivity contribution is -0.895. The van der Waals surface area contributed by atoms with Crippen molar-refractivity contribution in [3.63, 3.8) is 0 Å². The van der Waals surface area contributed by atoms with Gasteiger partial charge in [0.05, 0.1) is 41.3 Å². The zero-order valence-corrected chi connectivity index (χ0v) is 14.6. The SMILES string of the molecule is CC(O)C[N+](C)(C)CCN(C)CC[N+](C)(C)CC(C)O. The van der Waals surface area contributed by atoms with Crippen molar-refractivity contribution in [1.82, 2.24) is 4.90 Å². The van der Waals surface area contributed by atoms with Crippen molar-refractivity contribution in [3.05, 3.63) is 0 Å². The highest BCUT2D eigenvalue weighted by atomic mass is 16.3. The molecule has 5 nitrogen and oxygen atoms in total. The van der Waals surface area contributed by atoms with Crippen molar-refractivity contribution in [3.8, 4) is 0 Å². The maximum atomic E-state index is 9.49. The monoisotopic (exact) mass is 291 g/mol. The minimum Gasteiger partial charge on any atom is -0.388 e. The van der Waals surface area contributed by atoms with Crippen LogP contribution >= 0.6 is 0 Å². The van der Waals surface area contributed by atoms with Crippen LogP contribution in [0.2, 0.25) is 0 Å². The van der Waals surface area contributed by atoms with E-state index in [0.717, 1.165) is 48.2 Å². The molecule has 0 aliphatic heterocycles. The maximum absolute atomic E-state index is 9.49. The molecule has 0 spiro atoms. The minimum absolute atomic E-state index is 0.253. The van der Waals surface area contributed by atoms with Gasteiger partial charge in [0.25, 0.3) is 0 Å². The number of rotatable bonds is 10. The van der Waals surface area contributed by atoms with Crippen LogP contribution in [0.4, 0.5) is 0 Å². The van der Waals surface area contributed by atoms with E-state index in [0.29, 0.717) is 0 Å². The van der Waals surface area contributed by atoms with E-state index in [1.54, 1.807) is 0 Å². The Kier molecular flexibility index (Phi) is 8.21. The van der Waals surface area contributed by atoms with Crippen LogP contribution in [0, 0.1) is 0 Å². The van der Waals surface area contributed by atoms with Crippen LogP contribution in [0.1, 0.15) is 13.8 Å². The Labute approximate surface area is 125 Å². The van der Waals surface area contributed by atoms with Crippen LogP contribution in [-0.4, -0.2) is 111 Å². The Hall–Kier alpha value is -0.200. The zero-order valence-electron chi connectivity index (χ0n) is 14.6. The Morgan fingerprint density at radius 3 is 1.35 bits per heavy atom. The molecule has 2 N–H and O–H groups in total. The highest BCUT2D eigenvalue weighted by molar-refractivity contribution is 4.53. The number of hydrogen-bond donors (Lipinski definition) is 2. The molecule has 5 heteroatoms. The Bertz CT molecular complexity index is 240. The van der Waals surface area contributed by atoms with E-state index in [9.17, 15) is 10.2 Å². The van der Waals surface area contributed by atoms with E-state index in [2.05, 4.69) is 40.1 Å². The summed E-state index contributed by atoms with van der Waals surface area (Å²) in [5.74, 6) is 0. The van der Waals surface area contributed by atoms with E-state index in [4.69, 9.17) is 0 Å². The second kappa shape index (κ2) is 8.29. The summed E-state index contributed by atoms with van der Waals surface area (Å²) in [6.45, 7) is 9.38. The molecule has 0 aromatic heterocycles. The first-order valence-electron chi connectivity index (χ1n) is 7.62. The van der Waals surface area contributed by atoms with Crippen LogP contribution in [0.3, 0.4) is 0 Å². The fourth-order valence-electron chi connectivity index (χ4n) is 2.61. The molecule has 0 rings (SSSR count). The van der Waals surface area contributed by atoms with Gasteiger partial charge in [-0.25, -0.2) is 0 Å². The molecular formula is C15H37N3O2+2. The molecule has 0 aromatic carbocycles. The van der Waals surface area contributed by atoms with Crippen molar-refractivity contribution < 1.29 is 19.2 Å². The van der Waals surface area contributed by atoms with E-state index >= 15 is 0 Å². The highest BCUT2D eigenvalue weighted by Gasteiger charge is 2.21. The third kappa shape index (κ3) is 10.6. The molecule has 0 bridgehead atoms. The van der Waals surface area contributed by atoms with Gasteiger partial charge in [0.2, 0.25) is 0 Å². The molecular weight excluding hydrogens is 254 g/mol. The molecule has 20 heavy (non-hydrogen) atoms. The first kappa shape index (κ1) is 19.8. The third-order valence-electron chi connectivity index (χ3n) is 3.69. The standard InChI is InChI=1S/C15H37N3O2/c1-14(19)12-17(4,5)10-8-16(3)9-11-18(6,7)13-15(2)20/h14-15,19-20H,8-13H2,1-7H3/q+2. The molecule has 0 radical (unpaired) electrons. The van der Waals surface area contributed by atoms with Crippen LogP contribution < -0.4 is 0 Å². The fourth-order valence-corrected chi connectivity index (χ4v) is 2.61. The summed E-state index contributed by atoms with van der Waals surface area (Å²) in [5.41, 5.74) is 0. The Balaban J connectivity index is 4.03. The third-order valence-corrected chi connectivity index (χ3v) is 3.69. The molecule has 0 aliphatic carbocycles. The summed E-state index contributed by atoms with van der Waals surface area (Å²) in [6, 6.07) is 0. The lowest BCUT2D eigenvalue weighted by Gasteiger charge is -2.35. The lowest BCUT2D eigenvalue weighted by atomic mass is 10.3. The minimum atomic E-state index is -0.253. The summed E-state index contributed by atoms with van der Waals surface area (Å²) >= 11 is 0. The van der Waals surface area contributed by atoms with Crippen LogP contribution in [0.15, 0.2) is 0 Å². The van der Waals surface area contributed by atoms with E-state index in [1.165, 1.54) is 0 Å². The summed E-state index contributed by atoms with van der Waals surface area (Å²) in [4.78, 5) is 2.34. The van der Waals surface area contributed by atoms with Crippen molar-refractivity contribution in [2.45, 2.75) is 26.1 Å². The molecule has 0 amide bonds. The Morgan fingerprint density at radius 1 is 0.800 bits per heavy atom. The average molecular weight is 291 g/mol. The van der Waals surface area contributed by atoms with E-state index in [-0.39, 0.29) is 12.2 Å². The second-order valence-electron chi connectivity index (χ2n) is 7.69. The van der Waals surface area contributed by atoms with Gasteiger partial charge in [0, 0.05) is 13.1 Å². The number of quaternary nitrogens is 2. The predicted molar refractivity (Wildman–Crippen MR) is 84.5 cm³/mol. The topological polar surface area (TPSA) is 43.7 Å². The summed E-state index contributed by atoms with van der Waals surface area (Å²) in [6.07, 6.45) is -0.506. The van der Waals surface area contributed by atoms with Gasteiger partial charge in [-0.3, -0.25) is 4.90 Å². The lowest BCUT2D eigenvalue weighted by Crippen LogP contribution is -2.51. The largest absolute Gasteiger partial charge is 0.388 e. The number of nitrogens with zero attached hydrogens (tertiary/aromatic N) is 3. The zero-order chi connectivity index (χ0) is 16.0. The second-order valence-corrected chi connectivity index (χ2v) is 7.69. The van der Waals surface area contributed by atoms with Gasteiger partial charge in [-0.05, 0) is 20.9 Å². The fraction of sp³-hybridized carbons (Fsp3) is 1.00. The first-order chi connectivity index (χ1) is 8.93. The molecule has 0 fully saturated rings. The first-order valence-corrected chi connectivity index (χ1v) is 7.62. The van der Waals surface area contributed by atoms with Gasteiger partial charge in [0.15, 0.2) is 0 Å². The van der Waals surface area contributed by atoms with Crippen LogP contribution in [0.5, 0.6) is 0 Å². The molecule has 2 atom stereocenters. The highest BCUT2D eigenvalue weighted by Crippen LogP contribution is 2.03. The molecule has 0 aliphatic rings. The molecule has 2 unspecified atom stereocenters. The average Bonchev–Trinajstić information content (AvgIpc) is 2.20.